The lowest BCUT2D eigenvalue weighted by Crippen LogP contribution is -2.02. The molecule has 102 valence electrons. The molecule has 5 heteroatoms. The summed E-state index contributed by atoms with van der Waals surface area (Å²) >= 11 is 11.8. The first-order valence-corrected chi connectivity index (χ1v) is 6.68. The Morgan fingerprint density at radius 3 is 2.70 bits per heavy atom. The summed E-state index contributed by atoms with van der Waals surface area (Å²) in [6.45, 7) is 2.30. The van der Waals surface area contributed by atoms with Crippen molar-refractivity contribution in [3.05, 3.63) is 57.1 Å². The van der Waals surface area contributed by atoms with Crippen molar-refractivity contribution in [1.82, 2.24) is 0 Å². The molecule has 0 aromatic heterocycles. The second-order valence-corrected chi connectivity index (χ2v) is 5.23. The topological polar surface area (TPSA) is 56.0 Å². The van der Waals surface area contributed by atoms with Crippen LogP contribution in [0.25, 0.3) is 0 Å². The Morgan fingerprint density at radius 1 is 1.25 bits per heavy atom. The maximum atomic E-state index is 9.89. The second kappa shape index (κ2) is 6.04. The van der Waals surface area contributed by atoms with Gasteiger partial charge in [-0.2, -0.15) is 5.26 Å². The molecule has 0 saturated heterocycles. The largest absolute Gasteiger partial charge is 0.506 e. The molecular formula is C15H12Cl2N2O. The first kappa shape index (κ1) is 14.5. The van der Waals surface area contributed by atoms with Crippen LogP contribution in [0, 0.1) is 18.3 Å². The van der Waals surface area contributed by atoms with Gasteiger partial charge in [-0.1, -0.05) is 29.3 Å². The highest BCUT2D eigenvalue weighted by molar-refractivity contribution is 6.35. The molecule has 0 atom stereocenters. The van der Waals surface area contributed by atoms with Crippen molar-refractivity contribution in [1.29, 1.82) is 5.26 Å². The van der Waals surface area contributed by atoms with Crippen LogP contribution in [0.3, 0.4) is 0 Å². The highest BCUT2D eigenvalue weighted by Gasteiger charge is 2.08. The Balaban J connectivity index is 2.23. The minimum Gasteiger partial charge on any atom is -0.506 e. The van der Waals surface area contributed by atoms with Crippen molar-refractivity contribution in [3.63, 3.8) is 0 Å². The quantitative estimate of drug-likeness (QED) is 0.878. The molecule has 0 heterocycles. The van der Waals surface area contributed by atoms with E-state index < -0.39 is 0 Å². The first-order valence-electron chi connectivity index (χ1n) is 5.93. The summed E-state index contributed by atoms with van der Waals surface area (Å²) in [5.41, 5.74) is 3.02. The summed E-state index contributed by atoms with van der Waals surface area (Å²) in [5, 5.41) is 22.6. The van der Waals surface area contributed by atoms with Crippen molar-refractivity contribution >= 4 is 28.9 Å². The number of nitrogens with one attached hydrogen (secondary N) is 1. The fourth-order valence-corrected chi connectivity index (χ4v) is 2.36. The van der Waals surface area contributed by atoms with Crippen molar-refractivity contribution in [2.75, 3.05) is 5.32 Å². The van der Waals surface area contributed by atoms with Gasteiger partial charge in [0.25, 0.3) is 0 Å². The molecule has 2 aromatic rings. The number of hydrogen-bond donors (Lipinski definition) is 2. The van der Waals surface area contributed by atoms with Crippen LogP contribution in [0.4, 0.5) is 5.69 Å². The monoisotopic (exact) mass is 306 g/mol. The predicted octanol–water partition coefficient (Wildman–Crippen LogP) is 4.49. The number of halogens is 2. The summed E-state index contributed by atoms with van der Waals surface area (Å²) < 4.78 is 0. The van der Waals surface area contributed by atoms with E-state index in [0.717, 1.165) is 11.3 Å². The van der Waals surface area contributed by atoms with E-state index in [1.165, 1.54) is 6.07 Å². The molecule has 2 N–H and O–H groups in total. The summed E-state index contributed by atoms with van der Waals surface area (Å²) in [4.78, 5) is 0. The third-order valence-electron chi connectivity index (χ3n) is 2.94. The standard InChI is InChI=1S/C15H12Cl2N2O/c1-9-2-3-10(7-18)4-14(9)19-8-11-5-12(16)6-13(17)15(11)20/h2-6,19-20H,8H2,1H3. The first-order chi connectivity index (χ1) is 9.51. The molecule has 0 bridgehead atoms. The van der Waals surface area contributed by atoms with Gasteiger partial charge < -0.3 is 10.4 Å². The minimum atomic E-state index is 0.0117. The zero-order valence-corrected chi connectivity index (χ0v) is 12.3. The van der Waals surface area contributed by atoms with Gasteiger partial charge in [-0.3, -0.25) is 0 Å². The SMILES string of the molecule is Cc1ccc(C#N)cc1NCc1cc(Cl)cc(Cl)c1O. The average Bonchev–Trinajstić information content (AvgIpc) is 2.42. The molecule has 0 aliphatic heterocycles. The molecule has 2 aromatic carbocycles. The van der Waals surface area contributed by atoms with Crippen LogP contribution in [0.15, 0.2) is 30.3 Å². The number of rotatable bonds is 3. The van der Waals surface area contributed by atoms with Gasteiger partial charge >= 0.3 is 0 Å². The Hall–Kier alpha value is -1.89. The lowest BCUT2D eigenvalue weighted by molar-refractivity contribution is 0.469. The van der Waals surface area contributed by atoms with E-state index in [1.54, 1.807) is 18.2 Å². The van der Waals surface area contributed by atoms with Crippen molar-refractivity contribution in [3.8, 4) is 11.8 Å². The normalized spacial score (nSPS) is 10.1. The highest BCUT2D eigenvalue weighted by Crippen LogP contribution is 2.31. The van der Waals surface area contributed by atoms with E-state index in [2.05, 4.69) is 11.4 Å². The zero-order chi connectivity index (χ0) is 14.7. The maximum absolute atomic E-state index is 9.89. The third kappa shape index (κ3) is 3.16. The van der Waals surface area contributed by atoms with Gasteiger partial charge in [-0.05, 0) is 36.8 Å². The number of aryl methyl sites for hydroxylation is 1. The summed E-state index contributed by atoms with van der Waals surface area (Å²) in [6.07, 6.45) is 0. The lowest BCUT2D eigenvalue weighted by Gasteiger charge is -2.12. The summed E-state index contributed by atoms with van der Waals surface area (Å²) in [7, 11) is 0. The van der Waals surface area contributed by atoms with Crippen LogP contribution in [0.2, 0.25) is 10.0 Å². The van der Waals surface area contributed by atoms with Gasteiger partial charge in [0, 0.05) is 22.8 Å². The van der Waals surface area contributed by atoms with Crippen molar-refractivity contribution in [2.45, 2.75) is 13.5 Å². The number of benzene rings is 2. The lowest BCUT2D eigenvalue weighted by atomic mass is 10.1. The fraction of sp³-hybridized carbons (Fsp3) is 0.133. The molecule has 3 nitrogen and oxygen atoms in total. The Kier molecular flexibility index (Phi) is 4.39. The van der Waals surface area contributed by atoms with E-state index in [-0.39, 0.29) is 10.8 Å². The molecule has 0 spiro atoms. The van der Waals surface area contributed by atoms with Crippen LogP contribution in [-0.4, -0.2) is 5.11 Å². The number of anilines is 1. The highest BCUT2D eigenvalue weighted by atomic mass is 35.5. The fourth-order valence-electron chi connectivity index (χ4n) is 1.83. The smallest absolute Gasteiger partial charge is 0.139 e. The molecule has 2 rings (SSSR count). The Bertz CT molecular complexity index is 693. The van der Waals surface area contributed by atoms with Gasteiger partial charge in [-0.25, -0.2) is 0 Å². The van der Waals surface area contributed by atoms with E-state index >= 15 is 0 Å². The third-order valence-corrected chi connectivity index (χ3v) is 3.45. The van der Waals surface area contributed by atoms with Gasteiger partial charge in [0.15, 0.2) is 0 Å². The van der Waals surface area contributed by atoms with Crippen LogP contribution in [-0.2, 0) is 6.54 Å². The zero-order valence-electron chi connectivity index (χ0n) is 10.7. The van der Waals surface area contributed by atoms with E-state index in [9.17, 15) is 5.11 Å². The van der Waals surface area contributed by atoms with E-state index in [0.29, 0.717) is 22.7 Å². The molecule has 0 amide bonds. The van der Waals surface area contributed by atoms with Crippen LogP contribution >= 0.6 is 23.2 Å². The number of aromatic hydroxyl groups is 1. The number of nitrogens with zero attached hydrogens (tertiary/aromatic N) is 1. The van der Waals surface area contributed by atoms with Crippen LogP contribution < -0.4 is 5.32 Å². The van der Waals surface area contributed by atoms with Gasteiger partial charge in [0.05, 0.1) is 16.7 Å². The number of phenolic OH excluding ortho intramolecular Hbond substituents is 1. The van der Waals surface area contributed by atoms with Crippen LogP contribution in [0.1, 0.15) is 16.7 Å². The summed E-state index contributed by atoms with van der Waals surface area (Å²) in [5.74, 6) is 0.0117. The van der Waals surface area contributed by atoms with Crippen LogP contribution in [0.5, 0.6) is 5.75 Å². The average molecular weight is 307 g/mol. The van der Waals surface area contributed by atoms with Gasteiger partial charge in [0.1, 0.15) is 5.75 Å². The molecule has 0 unspecified atom stereocenters. The number of phenols is 1. The Morgan fingerprint density at radius 2 is 2.00 bits per heavy atom. The number of nitriles is 1. The minimum absolute atomic E-state index is 0.0117. The van der Waals surface area contributed by atoms with Gasteiger partial charge in [0.2, 0.25) is 0 Å². The van der Waals surface area contributed by atoms with E-state index in [4.69, 9.17) is 28.5 Å². The van der Waals surface area contributed by atoms with E-state index in [1.807, 2.05) is 13.0 Å². The predicted molar refractivity (Wildman–Crippen MR) is 81.3 cm³/mol. The van der Waals surface area contributed by atoms with Crippen molar-refractivity contribution in [2.24, 2.45) is 0 Å². The molecule has 20 heavy (non-hydrogen) atoms. The molecule has 0 saturated carbocycles. The molecular weight excluding hydrogens is 295 g/mol. The maximum Gasteiger partial charge on any atom is 0.139 e. The summed E-state index contributed by atoms with van der Waals surface area (Å²) in [6, 6.07) is 10.6. The second-order valence-electron chi connectivity index (χ2n) is 4.39. The molecule has 0 fully saturated rings. The number of hydrogen-bond acceptors (Lipinski definition) is 3. The van der Waals surface area contributed by atoms with Crippen molar-refractivity contribution < 1.29 is 5.11 Å². The molecule has 0 aliphatic rings. The Labute approximate surface area is 127 Å². The molecule has 0 aliphatic carbocycles. The molecule has 0 radical (unpaired) electrons. The van der Waals surface area contributed by atoms with Gasteiger partial charge in [-0.15, -0.1) is 0 Å².